The number of aryl methyl sites for hydroxylation is 2. The molecule has 0 aliphatic rings. The Morgan fingerprint density at radius 1 is 0.852 bits per heavy atom. The van der Waals surface area contributed by atoms with Gasteiger partial charge in [-0.2, -0.15) is 0 Å². The van der Waals surface area contributed by atoms with E-state index in [1.807, 2.05) is 69.3 Å². The van der Waals surface area contributed by atoms with E-state index in [0.717, 1.165) is 16.8 Å². The van der Waals surface area contributed by atoms with E-state index < -0.39 is 0 Å². The summed E-state index contributed by atoms with van der Waals surface area (Å²) >= 11 is 1.68. The van der Waals surface area contributed by atoms with Gasteiger partial charge in [-0.25, -0.2) is 0 Å². The number of carbonyl (C=O) groups is 1. The summed E-state index contributed by atoms with van der Waals surface area (Å²) in [4.78, 5) is 12.8. The number of carbonyl (C=O) groups excluding carboxylic acids is 1. The first-order chi connectivity index (χ1) is 13.0. The van der Waals surface area contributed by atoms with E-state index in [0.29, 0.717) is 0 Å². The van der Waals surface area contributed by atoms with E-state index in [2.05, 4.69) is 35.6 Å². The van der Waals surface area contributed by atoms with Crippen LogP contribution in [-0.4, -0.2) is 11.2 Å². The van der Waals surface area contributed by atoms with Gasteiger partial charge < -0.3 is 5.32 Å². The van der Waals surface area contributed by atoms with Crippen molar-refractivity contribution in [2.75, 3.05) is 5.32 Å². The number of rotatable bonds is 6. The maximum Gasteiger partial charge on any atom is 0.237 e. The molecule has 0 heterocycles. The second kappa shape index (κ2) is 8.92. The topological polar surface area (TPSA) is 29.1 Å². The molecule has 0 aliphatic heterocycles. The third-order valence-corrected chi connectivity index (χ3v) is 6.00. The lowest BCUT2D eigenvalue weighted by Gasteiger charge is -2.22. The zero-order chi connectivity index (χ0) is 19.2. The Hall–Kier alpha value is -2.52. The van der Waals surface area contributed by atoms with Crippen LogP contribution in [0.5, 0.6) is 0 Å². The van der Waals surface area contributed by atoms with Crippen LogP contribution < -0.4 is 5.32 Å². The fourth-order valence-electron chi connectivity index (χ4n) is 2.98. The molecule has 3 heteroatoms. The van der Waals surface area contributed by atoms with Gasteiger partial charge in [-0.3, -0.25) is 4.79 Å². The zero-order valence-corrected chi connectivity index (χ0v) is 16.8. The largest absolute Gasteiger partial charge is 0.325 e. The molecule has 0 unspecified atom stereocenters. The monoisotopic (exact) mass is 375 g/mol. The van der Waals surface area contributed by atoms with Crippen LogP contribution in [0.2, 0.25) is 0 Å². The van der Waals surface area contributed by atoms with Crippen LogP contribution in [-0.2, 0) is 4.79 Å². The van der Waals surface area contributed by atoms with Crippen molar-refractivity contribution in [1.82, 2.24) is 0 Å². The Bertz CT molecular complexity index is 853. The lowest BCUT2D eigenvalue weighted by molar-refractivity contribution is -0.115. The van der Waals surface area contributed by atoms with Crippen molar-refractivity contribution in [2.45, 2.75) is 31.3 Å². The summed E-state index contributed by atoms with van der Waals surface area (Å²) in [5.41, 5.74) is 5.53. The van der Waals surface area contributed by atoms with Crippen molar-refractivity contribution in [3.63, 3.8) is 0 Å². The number of hydrogen-bond acceptors (Lipinski definition) is 2. The summed E-state index contributed by atoms with van der Waals surface area (Å²) in [5.74, 6) is 0.0329. The highest BCUT2D eigenvalue weighted by atomic mass is 32.2. The Labute approximate surface area is 166 Å². The number of nitrogens with one attached hydrogen (secondary N) is 1. The summed E-state index contributed by atoms with van der Waals surface area (Å²) in [6, 6.07) is 26.9. The van der Waals surface area contributed by atoms with Gasteiger partial charge in [0.2, 0.25) is 5.91 Å². The molecule has 1 N–H and O–H groups in total. The molecule has 2 nitrogen and oxygen atoms in total. The highest BCUT2D eigenvalue weighted by Gasteiger charge is 2.22. The van der Waals surface area contributed by atoms with E-state index in [9.17, 15) is 4.79 Å². The summed E-state index contributed by atoms with van der Waals surface area (Å²) in [7, 11) is 0. The minimum Gasteiger partial charge on any atom is -0.325 e. The summed E-state index contributed by atoms with van der Waals surface area (Å²) in [6.07, 6.45) is 0. The van der Waals surface area contributed by atoms with Gasteiger partial charge in [0, 0.05) is 5.69 Å². The maximum absolute atomic E-state index is 12.8. The molecule has 0 saturated heterocycles. The molecule has 0 saturated carbocycles. The van der Waals surface area contributed by atoms with Gasteiger partial charge in [0.25, 0.3) is 0 Å². The van der Waals surface area contributed by atoms with E-state index in [4.69, 9.17) is 0 Å². The van der Waals surface area contributed by atoms with Gasteiger partial charge in [-0.1, -0.05) is 72.8 Å². The minimum atomic E-state index is -0.185. The van der Waals surface area contributed by atoms with Crippen LogP contribution in [0, 0.1) is 13.8 Å². The molecule has 0 radical (unpaired) electrons. The molecule has 3 rings (SSSR count). The fraction of sp³-hybridized carbons (Fsp3) is 0.208. The number of amides is 1. The highest BCUT2D eigenvalue weighted by molar-refractivity contribution is 8.01. The quantitative estimate of drug-likeness (QED) is 0.559. The van der Waals surface area contributed by atoms with E-state index in [1.165, 1.54) is 11.1 Å². The molecular formula is C24H25NOS. The molecule has 0 bridgehead atoms. The van der Waals surface area contributed by atoms with Crippen LogP contribution in [0.1, 0.15) is 34.4 Å². The zero-order valence-electron chi connectivity index (χ0n) is 16.0. The lowest BCUT2D eigenvalue weighted by Crippen LogP contribution is -2.24. The van der Waals surface area contributed by atoms with Crippen molar-refractivity contribution in [1.29, 1.82) is 0 Å². The second-order valence-electron chi connectivity index (χ2n) is 6.79. The molecular weight excluding hydrogens is 350 g/mol. The highest BCUT2D eigenvalue weighted by Crippen LogP contribution is 2.38. The molecule has 1 atom stereocenters. The smallest absolute Gasteiger partial charge is 0.237 e. The molecule has 0 aliphatic carbocycles. The van der Waals surface area contributed by atoms with Crippen LogP contribution >= 0.6 is 11.8 Å². The fourth-order valence-corrected chi connectivity index (χ4v) is 4.20. The third-order valence-electron chi connectivity index (χ3n) is 4.57. The SMILES string of the molecule is Cc1ccc(C)c(NC(=O)[C@H](C)SC(c2ccccc2)c2ccccc2)c1. The van der Waals surface area contributed by atoms with Crippen molar-refractivity contribution >= 4 is 23.4 Å². The third kappa shape index (κ3) is 5.01. The molecule has 138 valence electrons. The molecule has 1 amide bonds. The molecule has 0 fully saturated rings. The van der Waals surface area contributed by atoms with Crippen LogP contribution in [0.4, 0.5) is 5.69 Å². The van der Waals surface area contributed by atoms with Crippen molar-refractivity contribution in [3.05, 3.63) is 101 Å². The predicted octanol–water partition coefficient (Wildman–Crippen LogP) is 6.15. The Morgan fingerprint density at radius 2 is 1.41 bits per heavy atom. The van der Waals surface area contributed by atoms with Gasteiger partial charge in [0.15, 0.2) is 0 Å². The van der Waals surface area contributed by atoms with E-state index in [1.54, 1.807) is 11.8 Å². The first-order valence-corrected chi connectivity index (χ1v) is 10.1. The van der Waals surface area contributed by atoms with Crippen molar-refractivity contribution in [2.24, 2.45) is 0 Å². The Morgan fingerprint density at radius 3 is 1.96 bits per heavy atom. The van der Waals surface area contributed by atoms with Crippen molar-refractivity contribution < 1.29 is 4.79 Å². The van der Waals surface area contributed by atoms with Crippen molar-refractivity contribution in [3.8, 4) is 0 Å². The number of anilines is 1. The average molecular weight is 376 g/mol. The first-order valence-electron chi connectivity index (χ1n) is 9.18. The lowest BCUT2D eigenvalue weighted by atomic mass is 10.0. The van der Waals surface area contributed by atoms with Crippen LogP contribution in [0.25, 0.3) is 0 Å². The molecule has 27 heavy (non-hydrogen) atoms. The van der Waals surface area contributed by atoms with Gasteiger partial charge >= 0.3 is 0 Å². The van der Waals surface area contributed by atoms with Crippen LogP contribution in [0.15, 0.2) is 78.9 Å². The normalized spacial score (nSPS) is 12.0. The Balaban J connectivity index is 1.79. The molecule has 0 spiro atoms. The second-order valence-corrected chi connectivity index (χ2v) is 8.24. The Kier molecular flexibility index (Phi) is 6.36. The summed E-state index contributed by atoms with van der Waals surface area (Å²) in [6.45, 7) is 6.03. The van der Waals surface area contributed by atoms with Gasteiger partial charge in [-0.15, -0.1) is 11.8 Å². The standard InChI is InChI=1S/C24H25NOS/c1-17-14-15-18(2)22(16-17)25-24(26)19(3)27-23(20-10-6-4-7-11-20)21-12-8-5-9-13-21/h4-16,19,23H,1-3H3,(H,25,26)/t19-/m0/s1. The first kappa shape index (κ1) is 19.2. The number of hydrogen-bond donors (Lipinski definition) is 1. The van der Waals surface area contributed by atoms with Gasteiger partial charge in [0.05, 0.1) is 10.5 Å². The number of benzene rings is 3. The maximum atomic E-state index is 12.8. The van der Waals surface area contributed by atoms with Crippen LogP contribution in [0.3, 0.4) is 0 Å². The minimum absolute atomic E-state index is 0.0329. The summed E-state index contributed by atoms with van der Waals surface area (Å²) in [5, 5.41) is 3.03. The summed E-state index contributed by atoms with van der Waals surface area (Å²) < 4.78 is 0. The molecule has 0 aromatic heterocycles. The number of thioether (sulfide) groups is 1. The van der Waals surface area contributed by atoms with E-state index >= 15 is 0 Å². The van der Waals surface area contributed by atoms with E-state index in [-0.39, 0.29) is 16.4 Å². The predicted molar refractivity (Wildman–Crippen MR) is 116 cm³/mol. The molecule has 3 aromatic rings. The average Bonchev–Trinajstić information content (AvgIpc) is 2.70. The van der Waals surface area contributed by atoms with Gasteiger partial charge in [0.1, 0.15) is 0 Å². The van der Waals surface area contributed by atoms with Gasteiger partial charge in [-0.05, 0) is 49.1 Å². The molecule has 3 aromatic carbocycles.